The van der Waals surface area contributed by atoms with E-state index < -0.39 is 11.9 Å². The predicted molar refractivity (Wildman–Crippen MR) is 79.3 cm³/mol. The number of phenolic OH excluding ortho intramolecular Hbond substituents is 1. The maximum atomic E-state index is 12.0. The van der Waals surface area contributed by atoms with E-state index in [0.29, 0.717) is 22.6 Å². The summed E-state index contributed by atoms with van der Waals surface area (Å²) in [5.74, 6) is -0.709. The van der Waals surface area contributed by atoms with E-state index in [0.717, 1.165) is 0 Å². The zero-order valence-corrected chi connectivity index (χ0v) is 12.6. The molecule has 2 rings (SSSR count). The Balaban J connectivity index is 2.51. The van der Waals surface area contributed by atoms with Gasteiger partial charge in [0.25, 0.3) is 5.56 Å². The number of esters is 1. The van der Waals surface area contributed by atoms with Crippen LogP contribution in [-0.2, 0) is 9.53 Å². The van der Waals surface area contributed by atoms with E-state index in [9.17, 15) is 14.7 Å². The van der Waals surface area contributed by atoms with Crippen molar-refractivity contribution in [1.82, 2.24) is 10.2 Å². The average Bonchev–Trinajstić information content (AvgIpc) is 2.83. The van der Waals surface area contributed by atoms with E-state index in [1.54, 1.807) is 19.1 Å². The van der Waals surface area contributed by atoms with Crippen molar-refractivity contribution in [2.75, 3.05) is 14.2 Å². The van der Waals surface area contributed by atoms with Gasteiger partial charge in [0.2, 0.25) is 0 Å². The van der Waals surface area contributed by atoms with Crippen LogP contribution < -0.4 is 10.3 Å². The van der Waals surface area contributed by atoms with Crippen molar-refractivity contribution in [1.29, 1.82) is 0 Å². The first-order valence-corrected chi connectivity index (χ1v) is 6.68. The molecule has 0 aliphatic rings. The highest BCUT2D eigenvalue weighted by atomic mass is 16.5. The van der Waals surface area contributed by atoms with Crippen molar-refractivity contribution in [3.63, 3.8) is 0 Å². The Morgan fingerprint density at radius 2 is 2.05 bits per heavy atom. The highest BCUT2D eigenvalue weighted by Crippen LogP contribution is 2.34. The number of aromatic hydroxyl groups is 1. The number of hydrogen-bond acceptors (Lipinski definition) is 5. The van der Waals surface area contributed by atoms with Gasteiger partial charge in [0.15, 0.2) is 11.5 Å². The van der Waals surface area contributed by atoms with Crippen molar-refractivity contribution >= 4 is 5.97 Å². The molecule has 1 heterocycles. The van der Waals surface area contributed by atoms with Gasteiger partial charge in [0.1, 0.15) is 0 Å². The minimum Gasteiger partial charge on any atom is -0.504 e. The first kappa shape index (κ1) is 15.7. The molecular weight excluding hydrogens is 288 g/mol. The van der Waals surface area contributed by atoms with Crippen LogP contribution in [0, 0.1) is 6.92 Å². The number of ether oxygens (including phenoxy) is 2. The summed E-state index contributed by atoms with van der Waals surface area (Å²) in [6.45, 7) is 1.74. The Labute approximate surface area is 126 Å². The Bertz CT molecular complexity index is 732. The van der Waals surface area contributed by atoms with Crippen molar-refractivity contribution in [2.24, 2.45) is 0 Å². The third-order valence-corrected chi connectivity index (χ3v) is 3.56. The second kappa shape index (κ2) is 6.38. The summed E-state index contributed by atoms with van der Waals surface area (Å²) in [6, 6.07) is 4.78. The third-order valence-electron chi connectivity index (χ3n) is 3.56. The molecule has 0 saturated carbocycles. The molecular formula is C15H18N2O5. The second-order valence-electron chi connectivity index (χ2n) is 4.88. The Morgan fingerprint density at radius 3 is 2.55 bits per heavy atom. The van der Waals surface area contributed by atoms with Crippen LogP contribution in [0.15, 0.2) is 23.0 Å². The van der Waals surface area contributed by atoms with E-state index in [4.69, 9.17) is 9.47 Å². The summed E-state index contributed by atoms with van der Waals surface area (Å²) in [7, 11) is 2.74. The summed E-state index contributed by atoms with van der Waals surface area (Å²) in [6.07, 6.45) is -0.00988. The molecule has 3 N–H and O–H groups in total. The van der Waals surface area contributed by atoms with Crippen LogP contribution in [0.4, 0.5) is 0 Å². The number of carbonyl (C=O) groups is 1. The minimum atomic E-state index is -0.528. The third kappa shape index (κ3) is 2.98. The summed E-state index contributed by atoms with van der Waals surface area (Å²) in [5.41, 5.74) is 1.39. The molecule has 1 aromatic carbocycles. The number of phenols is 1. The molecule has 0 aliphatic carbocycles. The van der Waals surface area contributed by atoms with Gasteiger partial charge in [-0.15, -0.1) is 0 Å². The number of hydrogen-bond donors (Lipinski definition) is 3. The number of benzene rings is 1. The Morgan fingerprint density at radius 1 is 1.32 bits per heavy atom. The molecule has 0 spiro atoms. The van der Waals surface area contributed by atoms with Gasteiger partial charge < -0.3 is 19.7 Å². The fraction of sp³-hybridized carbons (Fsp3) is 0.333. The van der Waals surface area contributed by atoms with Gasteiger partial charge in [-0.25, -0.2) is 0 Å². The van der Waals surface area contributed by atoms with Crippen molar-refractivity contribution in [2.45, 2.75) is 19.3 Å². The Hall–Kier alpha value is -2.70. The summed E-state index contributed by atoms with van der Waals surface area (Å²) in [4.78, 5) is 23.7. The lowest BCUT2D eigenvalue weighted by Gasteiger charge is -2.16. The standard InChI is InChI=1S/C15H18N2O5/c1-8-14(15(20)17-16-8)10(7-13(19)22-3)9-4-5-12(21-2)11(18)6-9/h4-6,10,18H,7H2,1-3H3,(H2,16,17,20)/t10-/m0/s1. The van der Waals surface area contributed by atoms with Crippen molar-refractivity contribution in [3.8, 4) is 11.5 Å². The number of aromatic amines is 2. The lowest BCUT2D eigenvalue weighted by Crippen LogP contribution is -2.17. The van der Waals surface area contributed by atoms with Crippen LogP contribution in [0.25, 0.3) is 0 Å². The average molecular weight is 306 g/mol. The summed E-state index contributed by atoms with van der Waals surface area (Å²) in [5, 5.41) is 15.2. The number of methoxy groups -OCH3 is 2. The van der Waals surface area contributed by atoms with E-state index in [1.807, 2.05) is 0 Å². The van der Waals surface area contributed by atoms with Crippen LogP contribution in [0.2, 0.25) is 0 Å². The van der Waals surface area contributed by atoms with Crippen LogP contribution in [0.5, 0.6) is 11.5 Å². The van der Waals surface area contributed by atoms with Gasteiger partial charge in [-0.1, -0.05) is 6.07 Å². The molecule has 1 atom stereocenters. The number of H-pyrrole nitrogens is 2. The zero-order valence-electron chi connectivity index (χ0n) is 12.6. The number of nitrogens with one attached hydrogen (secondary N) is 2. The SMILES string of the molecule is COC(=O)C[C@@H](c1ccc(OC)c(O)c1)c1c(C)[nH][nH]c1=O. The molecule has 1 aromatic heterocycles. The topological polar surface area (TPSA) is 104 Å². The Kier molecular flexibility index (Phi) is 4.55. The van der Waals surface area contributed by atoms with E-state index in [2.05, 4.69) is 10.2 Å². The molecule has 0 aliphatic heterocycles. The maximum absolute atomic E-state index is 12.0. The van der Waals surface area contributed by atoms with Crippen molar-refractivity contribution < 1.29 is 19.4 Å². The quantitative estimate of drug-likeness (QED) is 0.725. The van der Waals surface area contributed by atoms with E-state index in [-0.39, 0.29) is 17.7 Å². The molecule has 7 nitrogen and oxygen atoms in total. The molecule has 7 heteroatoms. The fourth-order valence-corrected chi connectivity index (χ4v) is 2.44. The number of rotatable bonds is 5. The van der Waals surface area contributed by atoms with E-state index >= 15 is 0 Å². The smallest absolute Gasteiger partial charge is 0.306 e. The van der Waals surface area contributed by atoms with E-state index in [1.165, 1.54) is 20.3 Å². The molecule has 0 fully saturated rings. The van der Waals surface area contributed by atoms with Gasteiger partial charge >= 0.3 is 5.97 Å². The molecule has 118 valence electrons. The zero-order chi connectivity index (χ0) is 16.3. The monoisotopic (exact) mass is 306 g/mol. The maximum Gasteiger partial charge on any atom is 0.306 e. The van der Waals surface area contributed by atoms with Crippen molar-refractivity contribution in [3.05, 3.63) is 45.4 Å². The highest BCUT2D eigenvalue weighted by molar-refractivity contribution is 5.71. The van der Waals surface area contributed by atoms with Gasteiger partial charge in [0, 0.05) is 17.2 Å². The largest absolute Gasteiger partial charge is 0.504 e. The summed E-state index contributed by atoms with van der Waals surface area (Å²) >= 11 is 0. The van der Waals surface area contributed by atoms with Crippen LogP contribution in [0.1, 0.15) is 29.2 Å². The normalized spacial score (nSPS) is 12.0. The van der Waals surface area contributed by atoms with Gasteiger partial charge in [0.05, 0.1) is 20.6 Å². The number of aromatic nitrogens is 2. The molecule has 0 saturated heterocycles. The molecule has 0 amide bonds. The predicted octanol–water partition coefficient (Wildman–Crippen LogP) is 1.42. The summed E-state index contributed by atoms with van der Waals surface area (Å²) < 4.78 is 9.71. The number of aryl methyl sites for hydroxylation is 1. The first-order chi connectivity index (χ1) is 10.5. The van der Waals surface area contributed by atoms with Crippen LogP contribution in [-0.4, -0.2) is 35.5 Å². The van der Waals surface area contributed by atoms with Gasteiger partial charge in [-0.2, -0.15) is 0 Å². The van der Waals surface area contributed by atoms with Gasteiger partial charge in [-0.05, 0) is 24.6 Å². The minimum absolute atomic E-state index is 0.00988. The highest BCUT2D eigenvalue weighted by Gasteiger charge is 2.25. The van der Waals surface area contributed by atoms with Crippen LogP contribution >= 0.6 is 0 Å². The lowest BCUT2D eigenvalue weighted by molar-refractivity contribution is -0.140. The molecule has 0 radical (unpaired) electrons. The molecule has 22 heavy (non-hydrogen) atoms. The molecule has 0 bridgehead atoms. The first-order valence-electron chi connectivity index (χ1n) is 6.68. The lowest BCUT2D eigenvalue weighted by atomic mass is 9.88. The van der Waals surface area contributed by atoms with Gasteiger partial charge in [-0.3, -0.25) is 14.7 Å². The molecule has 0 unspecified atom stereocenters. The fourth-order valence-electron chi connectivity index (χ4n) is 2.44. The van der Waals surface area contributed by atoms with Crippen LogP contribution in [0.3, 0.4) is 0 Å². The number of carbonyl (C=O) groups excluding carboxylic acids is 1. The molecule has 2 aromatic rings. The second-order valence-corrected chi connectivity index (χ2v) is 4.88.